The minimum Gasteiger partial charge on any atom is -0.489 e. The number of halogens is 1. The van der Waals surface area contributed by atoms with Crippen molar-refractivity contribution in [2.75, 3.05) is 13.2 Å². The van der Waals surface area contributed by atoms with Crippen LogP contribution in [0.25, 0.3) is 10.8 Å². The smallest absolute Gasteiger partial charge is 0.277 e. The van der Waals surface area contributed by atoms with E-state index in [1.54, 1.807) is 12.3 Å². The summed E-state index contributed by atoms with van der Waals surface area (Å²) in [7, 11) is 0. The highest BCUT2D eigenvalue weighted by atomic mass is 127. The Kier molecular flexibility index (Phi) is 7.02. The number of benzene rings is 3. The Morgan fingerprint density at radius 2 is 1.86 bits per heavy atom. The van der Waals surface area contributed by atoms with E-state index in [0.29, 0.717) is 18.1 Å². The molecule has 0 radical (unpaired) electrons. The van der Waals surface area contributed by atoms with Gasteiger partial charge in [0, 0.05) is 9.13 Å². The zero-order chi connectivity index (χ0) is 19.8. The molecule has 0 atom stereocenters. The highest BCUT2D eigenvalue weighted by Gasteiger charge is 2.07. The van der Waals surface area contributed by atoms with E-state index in [4.69, 9.17) is 9.47 Å². The molecule has 6 heteroatoms. The Morgan fingerprint density at radius 1 is 1.07 bits per heavy atom. The van der Waals surface area contributed by atoms with E-state index in [1.807, 2.05) is 60.7 Å². The number of nitrogens with zero attached hydrogens (tertiary/aromatic N) is 1. The van der Waals surface area contributed by atoms with E-state index in [2.05, 4.69) is 39.7 Å². The standard InChI is InChI=1S/C22H19IN2O3/c1-2-13-27-21-12-7-16-5-3-4-6-19(16)20(21)14-24-25-22(26)15-28-18-10-8-17(23)9-11-18/h2-12,14H,1,13,15H2,(H,25,26)/b24-14-. The number of hydrogen-bond acceptors (Lipinski definition) is 4. The highest BCUT2D eigenvalue weighted by molar-refractivity contribution is 14.1. The lowest BCUT2D eigenvalue weighted by Crippen LogP contribution is -2.24. The molecule has 0 bridgehead atoms. The van der Waals surface area contributed by atoms with Gasteiger partial charge in [-0.1, -0.05) is 43.0 Å². The Morgan fingerprint density at radius 3 is 2.64 bits per heavy atom. The lowest BCUT2D eigenvalue weighted by molar-refractivity contribution is -0.123. The Hall–Kier alpha value is -2.87. The second-order valence-corrected chi connectivity index (χ2v) is 7.08. The molecule has 0 aromatic heterocycles. The number of rotatable bonds is 8. The molecule has 0 aliphatic heterocycles. The monoisotopic (exact) mass is 486 g/mol. The fraction of sp³-hybridized carbons (Fsp3) is 0.0909. The largest absolute Gasteiger partial charge is 0.489 e. The van der Waals surface area contributed by atoms with E-state index < -0.39 is 0 Å². The third kappa shape index (κ3) is 5.32. The summed E-state index contributed by atoms with van der Waals surface area (Å²) in [6.45, 7) is 3.94. The van der Waals surface area contributed by atoms with Crippen LogP contribution in [-0.2, 0) is 4.79 Å². The predicted molar refractivity (Wildman–Crippen MR) is 120 cm³/mol. The van der Waals surface area contributed by atoms with Gasteiger partial charge in [0.15, 0.2) is 6.61 Å². The van der Waals surface area contributed by atoms with Crippen molar-refractivity contribution in [3.8, 4) is 11.5 Å². The molecule has 0 saturated carbocycles. The molecule has 28 heavy (non-hydrogen) atoms. The molecule has 0 unspecified atom stereocenters. The van der Waals surface area contributed by atoms with Crippen molar-refractivity contribution in [2.24, 2.45) is 5.10 Å². The SMILES string of the molecule is C=CCOc1ccc2ccccc2c1/C=N\NC(=O)COc1ccc(I)cc1. The van der Waals surface area contributed by atoms with Crippen LogP contribution in [0.4, 0.5) is 0 Å². The summed E-state index contributed by atoms with van der Waals surface area (Å²) in [5.41, 5.74) is 3.28. The molecule has 5 nitrogen and oxygen atoms in total. The van der Waals surface area contributed by atoms with Crippen LogP contribution in [0.5, 0.6) is 11.5 Å². The molecule has 3 aromatic carbocycles. The lowest BCUT2D eigenvalue weighted by Gasteiger charge is -2.10. The van der Waals surface area contributed by atoms with Crippen molar-refractivity contribution in [3.05, 3.63) is 82.5 Å². The maximum absolute atomic E-state index is 12.0. The summed E-state index contributed by atoms with van der Waals surface area (Å²) in [6.07, 6.45) is 3.27. The fourth-order valence-corrected chi connectivity index (χ4v) is 2.92. The lowest BCUT2D eigenvalue weighted by atomic mass is 10.0. The molecule has 142 valence electrons. The van der Waals surface area contributed by atoms with E-state index >= 15 is 0 Å². The first kappa shape index (κ1) is 19.9. The van der Waals surface area contributed by atoms with Gasteiger partial charge in [0.25, 0.3) is 5.91 Å². The number of hydrogen-bond donors (Lipinski definition) is 1. The van der Waals surface area contributed by atoms with Gasteiger partial charge in [0.1, 0.15) is 18.1 Å². The third-order valence-corrected chi connectivity index (χ3v) is 4.57. The Bertz CT molecular complexity index is 1000. The third-order valence-electron chi connectivity index (χ3n) is 3.85. The summed E-state index contributed by atoms with van der Waals surface area (Å²) < 4.78 is 12.3. The van der Waals surface area contributed by atoms with Gasteiger partial charge in [-0.25, -0.2) is 5.43 Å². The summed E-state index contributed by atoms with van der Waals surface area (Å²) in [4.78, 5) is 12.0. The first-order valence-electron chi connectivity index (χ1n) is 8.63. The number of amides is 1. The van der Waals surface area contributed by atoms with Crippen molar-refractivity contribution in [1.82, 2.24) is 5.43 Å². The minimum atomic E-state index is -0.344. The number of ether oxygens (including phenoxy) is 2. The molecule has 3 aromatic rings. The van der Waals surface area contributed by atoms with E-state index in [9.17, 15) is 4.79 Å². The number of fused-ring (bicyclic) bond motifs is 1. The first-order valence-corrected chi connectivity index (χ1v) is 9.71. The topological polar surface area (TPSA) is 59.9 Å². The van der Waals surface area contributed by atoms with Gasteiger partial charge in [0.05, 0.1) is 6.21 Å². The van der Waals surface area contributed by atoms with E-state index in [-0.39, 0.29) is 12.5 Å². The number of nitrogens with one attached hydrogen (secondary N) is 1. The normalized spacial score (nSPS) is 10.8. The molecule has 1 N–H and O–H groups in total. The molecule has 0 aliphatic carbocycles. The van der Waals surface area contributed by atoms with Crippen LogP contribution in [-0.4, -0.2) is 25.3 Å². The summed E-state index contributed by atoms with van der Waals surface area (Å²) in [5.74, 6) is 0.962. The van der Waals surface area contributed by atoms with Crippen molar-refractivity contribution in [1.29, 1.82) is 0 Å². The minimum absolute atomic E-state index is 0.118. The van der Waals surface area contributed by atoms with Gasteiger partial charge in [-0.15, -0.1) is 0 Å². The number of carbonyl (C=O) groups is 1. The number of hydrazone groups is 1. The molecule has 0 saturated heterocycles. The van der Waals surface area contributed by atoms with Crippen molar-refractivity contribution in [3.63, 3.8) is 0 Å². The van der Waals surface area contributed by atoms with E-state index in [1.165, 1.54) is 0 Å². The molecular formula is C22H19IN2O3. The van der Waals surface area contributed by atoms with Crippen LogP contribution >= 0.6 is 22.6 Å². The van der Waals surface area contributed by atoms with Gasteiger partial charge < -0.3 is 9.47 Å². The van der Waals surface area contributed by atoms with Crippen LogP contribution in [0.3, 0.4) is 0 Å². The van der Waals surface area contributed by atoms with Gasteiger partial charge in [-0.05, 0) is 63.7 Å². The quantitative estimate of drug-likeness (QED) is 0.220. The Labute approximate surface area is 177 Å². The summed E-state index contributed by atoms with van der Waals surface area (Å²) >= 11 is 2.21. The van der Waals surface area contributed by atoms with Crippen LogP contribution in [0.1, 0.15) is 5.56 Å². The second-order valence-electron chi connectivity index (χ2n) is 5.83. The Balaban J connectivity index is 1.68. The van der Waals surface area contributed by atoms with Crippen molar-refractivity contribution >= 4 is 45.5 Å². The fourth-order valence-electron chi connectivity index (χ4n) is 2.56. The van der Waals surface area contributed by atoms with Crippen LogP contribution in [0, 0.1) is 3.57 Å². The molecule has 0 fully saturated rings. The molecule has 1 amide bonds. The van der Waals surface area contributed by atoms with Crippen molar-refractivity contribution in [2.45, 2.75) is 0 Å². The second kappa shape index (κ2) is 9.89. The zero-order valence-corrected chi connectivity index (χ0v) is 17.3. The van der Waals surface area contributed by atoms with Gasteiger partial charge in [-0.3, -0.25) is 4.79 Å². The summed E-state index contributed by atoms with van der Waals surface area (Å²) in [6, 6.07) is 19.2. The van der Waals surface area contributed by atoms with Gasteiger partial charge in [0.2, 0.25) is 0 Å². The highest BCUT2D eigenvalue weighted by Crippen LogP contribution is 2.26. The van der Waals surface area contributed by atoms with Gasteiger partial charge in [-0.2, -0.15) is 5.10 Å². The molecule has 0 spiro atoms. The van der Waals surface area contributed by atoms with E-state index in [0.717, 1.165) is 19.9 Å². The average Bonchev–Trinajstić information content (AvgIpc) is 2.72. The van der Waals surface area contributed by atoms with Gasteiger partial charge >= 0.3 is 0 Å². The van der Waals surface area contributed by atoms with Crippen LogP contribution < -0.4 is 14.9 Å². The molecule has 3 rings (SSSR count). The van der Waals surface area contributed by atoms with Crippen LogP contribution in [0.15, 0.2) is 78.4 Å². The maximum atomic E-state index is 12.0. The predicted octanol–water partition coefficient (Wildman–Crippen LogP) is 4.54. The molecule has 0 heterocycles. The van der Waals surface area contributed by atoms with Crippen molar-refractivity contribution < 1.29 is 14.3 Å². The average molecular weight is 486 g/mol. The first-order chi connectivity index (χ1) is 13.7. The number of carbonyl (C=O) groups excluding carboxylic acids is 1. The molecular weight excluding hydrogens is 467 g/mol. The zero-order valence-electron chi connectivity index (χ0n) is 15.1. The molecule has 0 aliphatic rings. The maximum Gasteiger partial charge on any atom is 0.277 e. The summed E-state index contributed by atoms with van der Waals surface area (Å²) in [5, 5.41) is 6.12. The van der Waals surface area contributed by atoms with Crippen LogP contribution in [0.2, 0.25) is 0 Å².